The van der Waals surface area contributed by atoms with Crippen molar-refractivity contribution in [2.75, 3.05) is 4.90 Å². The van der Waals surface area contributed by atoms with E-state index in [1.54, 1.807) is 0 Å². The maximum atomic E-state index is 11.0. The lowest BCUT2D eigenvalue weighted by molar-refractivity contribution is 0.220. The van der Waals surface area contributed by atoms with E-state index in [1.165, 1.54) is 44.6 Å². The van der Waals surface area contributed by atoms with E-state index in [2.05, 4.69) is 128 Å². The van der Waals surface area contributed by atoms with Crippen molar-refractivity contribution in [1.82, 2.24) is 0 Å². The topological polar surface area (TPSA) is 23.5 Å². The minimum Gasteiger partial charge on any atom is -0.384 e. The van der Waals surface area contributed by atoms with E-state index in [9.17, 15) is 5.11 Å². The molecule has 4 aliphatic rings. The van der Waals surface area contributed by atoms with Crippen molar-refractivity contribution in [3.63, 3.8) is 0 Å². The van der Waals surface area contributed by atoms with Crippen LogP contribution in [0.3, 0.4) is 0 Å². The molecule has 3 unspecified atom stereocenters. The number of hydrogen-bond donors (Lipinski definition) is 1. The summed E-state index contributed by atoms with van der Waals surface area (Å²) in [5.74, 6) is 0.598. The predicted octanol–water partition coefficient (Wildman–Crippen LogP) is 10.8. The van der Waals surface area contributed by atoms with Gasteiger partial charge in [0.05, 0.1) is 0 Å². The number of aliphatic hydroxyl groups excluding tert-OH is 1. The quantitative estimate of drug-likeness (QED) is 0.230. The molecule has 0 fully saturated rings. The van der Waals surface area contributed by atoms with Gasteiger partial charge >= 0.3 is 0 Å². The van der Waals surface area contributed by atoms with E-state index < -0.39 is 6.10 Å². The van der Waals surface area contributed by atoms with Crippen molar-refractivity contribution in [3.8, 4) is 0 Å². The average Bonchev–Trinajstić information content (AvgIpc) is 3.12. The van der Waals surface area contributed by atoms with Crippen molar-refractivity contribution in [2.45, 2.75) is 32.3 Å². The first kappa shape index (κ1) is 28.3. The Labute approximate surface area is 272 Å². The highest BCUT2D eigenvalue weighted by Crippen LogP contribution is 2.50. The van der Waals surface area contributed by atoms with Crippen molar-refractivity contribution in [3.05, 3.63) is 207 Å². The van der Waals surface area contributed by atoms with Crippen LogP contribution in [-0.2, 0) is 0 Å². The molecule has 0 heterocycles. The third-order valence-electron chi connectivity index (χ3n) is 9.93. The van der Waals surface area contributed by atoms with Crippen LogP contribution in [0.4, 0.5) is 17.1 Å². The minimum absolute atomic E-state index is 0.258. The lowest BCUT2D eigenvalue weighted by atomic mass is 9.66. The molecule has 0 amide bonds. The molecule has 224 valence electrons. The van der Waals surface area contributed by atoms with Crippen molar-refractivity contribution >= 4 is 17.1 Å². The molecule has 4 aromatic carbocycles. The molecule has 0 radical (unpaired) electrons. The number of aryl methyl sites for hydroxylation is 1. The third kappa shape index (κ3) is 4.96. The fourth-order valence-corrected chi connectivity index (χ4v) is 7.38. The summed E-state index contributed by atoms with van der Waals surface area (Å²) in [6.45, 7) is 4.45. The van der Waals surface area contributed by atoms with Gasteiger partial charge in [-0.3, -0.25) is 0 Å². The van der Waals surface area contributed by atoms with Gasteiger partial charge in [0.15, 0.2) is 0 Å². The van der Waals surface area contributed by atoms with Gasteiger partial charge < -0.3 is 10.0 Å². The molecule has 4 aliphatic carbocycles. The molecule has 0 saturated carbocycles. The van der Waals surface area contributed by atoms with Crippen LogP contribution in [0.2, 0.25) is 0 Å². The summed E-state index contributed by atoms with van der Waals surface area (Å²) in [6.07, 6.45) is 18.9. The molecule has 2 nitrogen and oxygen atoms in total. The Kier molecular flexibility index (Phi) is 7.16. The average molecular weight is 596 g/mol. The first-order valence-electron chi connectivity index (χ1n) is 16.3. The van der Waals surface area contributed by atoms with Gasteiger partial charge in [-0.1, -0.05) is 128 Å². The number of benzene rings is 4. The highest BCUT2D eigenvalue weighted by Gasteiger charge is 2.34. The molecule has 0 bridgehead atoms. The third-order valence-corrected chi connectivity index (χ3v) is 9.93. The van der Waals surface area contributed by atoms with Gasteiger partial charge in [0.2, 0.25) is 0 Å². The Morgan fingerprint density at radius 3 is 1.98 bits per heavy atom. The van der Waals surface area contributed by atoms with Gasteiger partial charge in [-0.2, -0.15) is 0 Å². The zero-order valence-corrected chi connectivity index (χ0v) is 26.3. The minimum atomic E-state index is -0.660. The molecule has 3 atom stereocenters. The number of anilines is 3. The van der Waals surface area contributed by atoms with Gasteiger partial charge in [0.1, 0.15) is 6.10 Å². The zero-order valence-electron chi connectivity index (χ0n) is 26.3. The van der Waals surface area contributed by atoms with E-state index in [-0.39, 0.29) is 5.92 Å². The second-order valence-electron chi connectivity index (χ2n) is 12.7. The standard InChI is InChI=1S/C44H37NO/c1-29-11-21-37(22-12-29)45(39-25-17-36(18-26-39)44(46)35-7-4-3-5-8-35)38-23-15-31(16-24-38)30(2)40-27-19-34-14-13-32-9-6-10-33-20-28-41(40)43(34)42(32)33/h3-9,11-28,30,43-44,46H,10H2,1-2H3. The van der Waals surface area contributed by atoms with E-state index in [0.29, 0.717) is 5.92 Å². The Bertz CT molecular complexity index is 2010. The van der Waals surface area contributed by atoms with Gasteiger partial charge in [-0.15, -0.1) is 0 Å². The van der Waals surface area contributed by atoms with Gasteiger partial charge in [-0.05, 0) is 99.9 Å². The first-order chi connectivity index (χ1) is 22.5. The Morgan fingerprint density at radius 1 is 0.652 bits per heavy atom. The molecule has 0 aliphatic heterocycles. The molecule has 0 aromatic heterocycles. The maximum Gasteiger partial charge on any atom is 0.104 e. The lowest BCUT2D eigenvalue weighted by Gasteiger charge is -2.37. The van der Waals surface area contributed by atoms with Gasteiger partial charge in [0, 0.05) is 28.9 Å². The summed E-state index contributed by atoms with van der Waals surface area (Å²) < 4.78 is 0. The summed E-state index contributed by atoms with van der Waals surface area (Å²) in [5, 5.41) is 11.0. The molecule has 0 spiro atoms. The Morgan fingerprint density at radius 2 is 1.28 bits per heavy atom. The van der Waals surface area contributed by atoms with Crippen molar-refractivity contribution in [1.29, 1.82) is 0 Å². The molecule has 2 heteroatoms. The number of aliphatic hydroxyl groups is 1. The van der Waals surface area contributed by atoms with E-state index in [0.717, 1.165) is 34.6 Å². The van der Waals surface area contributed by atoms with Crippen LogP contribution >= 0.6 is 0 Å². The summed E-state index contributed by atoms with van der Waals surface area (Å²) in [7, 11) is 0. The van der Waals surface area contributed by atoms with Crippen LogP contribution in [0, 0.1) is 12.8 Å². The number of rotatable bonds is 7. The number of allylic oxidation sites excluding steroid dienone is 14. The molecule has 0 saturated heterocycles. The first-order valence-corrected chi connectivity index (χ1v) is 16.3. The Hall–Kier alpha value is -5.18. The van der Waals surface area contributed by atoms with Crippen LogP contribution < -0.4 is 4.90 Å². The maximum absolute atomic E-state index is 11.0. The molecule has 4 aromatic rings. The fourth-order valence-electron chi connectivity index (χ4n) is 7.38. The molecule has 1 N–H and O–H groups in total. The van der Waals surface area contributed by atoms with E-state index in [1.807, 2.05) is 42.5 Å². The second kappa shape index (κ2) is 11.6. The zero-order chi connectivity index (χ0) is 31.2. The number of hydrogen-bond acceptors (Lipinski definition) is 2. The van der Waals surface area contributed by atoms with Crippen LogP contribution in [0.15, 0.2) is 185 Å². The highest BCUT2D eigenvalue weighted by molar-refractivity contribution is 5.77. The molecule has 8 rings (SSSR count). The van der Waals surface area contributed by atoms with Crippen molar-refractivity contribution < 1.29 is 5.11 Å². The smallest absolute Gasteiger partial charge is 0.104 e. The summed E-state index contributed by atoms with van der Waals surface area (Å²) in [5.41, 5.74) is 16.1. The lowest BCUT2D eigenvalue weighted by Crippen LogP contribution is -2.23. The monoisotopic (exact) mass is 595 g/mol. The molecular formula is C44H37NO. The molecular weight excluding hydrogens is 558 g/mol. The van der Waals surface area contributed by atoms with Crippen LogP contribution in [-0.4, -0.2) is 5.11 Å². The van der Waals surface area contributed by atoms with E-state index in [4.69, 9.17) is 0 Å². The highest BCUT2D eigenvalue weighted by atomic mass is 16.3. The predicted molar refractivity (Wildman–Crippen MR) is 191 cm³/mol. The van der Waals surface area contributed by atoms with Crippen LogP contribution in [0.5, 0.6) is 0 Å². The summed E-state index contributed by atoms with van der Waals surface area (Å²) >= 11 is 0. The van der Waals surface area contributed by atoms with Crippen LogP contribution in [0.25, 0.3) is 0 Å². The number of nitrogens with zero attached hydrogens (tertiary/aromatic N) is 1. The van der Waals surface area contributed by atoms with Gasteiger partial charge in [0.25, 0.3) is 0 Å². The van der Waals surface area contributed by atoms with Gasteiger partial charge in [-0.25, -0.2) is 0 Å². The summed E-state index contributed by atoms with van der Waals surface area (Å²) in [4.78, 5) is 2.29. The normalized spacial score (nSPS) is 19.0. The summed E-state index contributed by atoms with van der Waals surface area (Å²) in [6, 6.07) is 35.8. The second-order valence-corrected chi connectivity index (χ2v) is 12.7. The SMILES string of the molecule is Cc1ccc(N(c2ccc(C(C)C3=C4C=CC5=C6C(=CC=C(C=C3)C46)C=CC5)cc2)c2ccc(C(O)c3ccccc3)cc2)cc1. The fraction of sp³-hybridized carbons (Fsp3) is 0.136. The Balaban J connectivity index is 1.11. The van der Waals surface area contributed by atoms with Crippen LogP contribution in [0.1, 0.15) is 47.6 Å². The van der Waals surface area contributed by atoms with Crippen molar-refractivity contribution in [2.24, 2.45) is 5.92 Å². The largest absolute Gasteiger partial charge is 0.384 e. The van der Waals surface area contributed by atoms with E-state index >= 15 is 0 Å². The molecule has 46 heavy (non-hydrogen) atoms.